The largest absolute Gasteiger partial charge is 0.508 e. The smallest absolute Gasteiger partial charge is 0.328 e. The number of aromatic nitrogens is 1. The van der Waals surface area contributed by atoms with Crippen LogP contribution in [0.2, 0.25) is 0 Å². The first-order chi connectivity index (χ1) is 18.8. The number of H-pyrrole nitrogens is 1. The van der Waals surface area contributed by atoms with Crippen LogP contribution < -0.4 is 4.74 Å². The number of urea groups is 1. The molecule has 6 rings (SSSR count). The highest BCUT2D eigenvalue weighted by atomic mass is 16.5. The summed E-state index contributed by atoms with van der Waals surface area (Å²) in [5.41, 5.74) is 2.55. The lowest BCUT2D eigenvalue weighted by molar-refractivity contribution is -0.133. The van der Waals surface area contributed by atoms with Gasteiger partial charge >= 0.3 is 6.03 Å². The van der Waals surface area contributed by atoms with E-state index in [4.69, 9.17) is 4.74 Å². The highest BCUT2D eigenvalue weighted by Gasteiger charge is 2.60. The fraction of sp³-hybridized carbons (Fsp3) is 0.467. The topological polar surface area (TPSA) is 92.4 Å². The summed E-state index contributed by atoms with van der Waals surface area (Å²) in [5, 5.41) is 11.3. The zero-order valence-electron chi connectivity index (χ0n) is 22.9. The number of amides is 3. The van der Waals surface area contributed by atoms with Gasteiger partial charge in [-0.2, -0.15) is 0 Å². The predicted molar refractivity (Wildman–Crippen MR) is 149 cm³/mol. The number of hydrogen-bond donors (Lipinski definition) is 2. The second-order valence-corrected chi connectivity index (χ2v) is 11.2. The second-order valence-electron chi connectivity index (χ2n) is 11.2. The molecule has 39 heavy (non-hydrogen) atoms. The molecule has 3 aliphatic rings. The lowest BCUT2D eigenvalue weighted by Crippen LogP contribution is -2.53. The lowest BCUT2D eigenvalue weighted by Gasteiger charge is -2.42. The number of hydrogen-bond acceptors (Lipinski definition) is 6. The maximum absolute atomic E-state index is 14.0. The molecular weight excluding hydrogens is 494 g/mol. The summed E-state index contributed by atoms with van der Waals surface area (Å²) in [7, 11) is 2.13. The molecule has 4 heterocycles. The molecule has 3 amide bonds. The summed E-state index contributed by atoms with van der Waals surface area (Å²) in [4.78, 5) is 39.5. The van der Waals surface area contributed by atoms with Crippen molar-refractivity contribution < 1.29 is 19.4 Å². The van der Waals surface area contributed by atoms with Crippen molar-refractivity contribution in [1.82, 2.24) is 24.6 Å². The number of benzene rings is 2. The number of carbonyl (C=O) groups excluding carboxylic acids is 2. The van der Waals surface area contributed by atoms with E-state index in [0.29, 0.717) is 19.6 Å². The van der Waals surface area contributed by atoms with Crippen molar-refractivity contribution >= 4 is 22.8 Å². The third kappa shape index (κ3) is 4.33. The van der Waals surface area contributed by atoms with Crippen molar-refractivity contribution in [3.05, 3.63) is 59.3 Å². The molecule has 0 bridgehead atoms. The van der Waals surface area contributed by atoms with Gasteiger partial charge in [0.1, 0.15) is 23.1 Å². The van der Waals surface area contributed by atoms with Gasteiger partial charge in [0.25, 0.3) is 5.91 Å². The Morgan fingerprint density at radius 1 is 1.08 bits per heavy atom. The summed E-state index contributed by atoms with van der Waals surface area (Å²) < 4.78 is 5.78. The third-order valence-corrected chi connectivity index (χ3v) is 8.59. The molecule has 3 aliphatic heterocycles. The van der Waals surface area contributed by atoms with Gasteiger partial charge in [0.15, 0.2) is 0 Å². The van der Waals surface area contributed by atoms with E-state index < -0.39 is 11.6 Å². The maximum Gasteiger partial charge on any atom is 0.328 e. The minimum Gasteiger partial charge on any atom is -0.508 e. The van der Waals surface area contributed by atoms with Gasteiger partial charge in [-0.15, -0.1) is 0 Å². The number of phenols is 1. The Morgan fingerprint density at radius 2 is 1.87 bits per heavy atom. The number of nitrogens with zero attached hydrogens (tertiary/aromatic N) is 4. The van der Waals surface area contributed by atoms with Gasteiger partial charge in [-0.1, -0.05) is 12.1 Å². The van der Waals surface area contributed by atoms with Crippen LogP contribution in [0, 0.1) is 0 Å². The number of piperazine rings is 1. The number of aromatic hydroxyl groups is 1. The van der Waals surface area contributed by atoms with Crippen LogP contribution in [0.25, 0.3) is 10.9 Å². The first-order valence-electron chi connectivity index (χ1n) is 13.9. The van der Waals surface area contributed by atoms with Crippen molar-refractivity contribution in [1.29, 1.82) is 0 Å². The van der Waals surface area contributed by atoms with Crippen molar-refractivity contribution in [2.45, 2.75) is 38.3 Å². The van der Waals surface area contributed by atoms with Crippen LogP contribution in [0.5, 0.6) is 11.5 Å². The highest BCUT2D eigenvalue weighted by molar-refractivity contribution is 6.08. The van der Waals surface area contributed by atoms with Crippen molar-refractivity contribution in [2.24, 2.45) is 0 Å². The molecule has 0 unspecified atom stereocenters. The molecule has 9 heteroatoms. The molecule has 2 fully saturated rings. The summed E-state index contributed by atoms with van der Waals surface area (Å²) in [6, 6.07) is 12.1. The van der Waals surface area contributed by atoms with Gasteiger partial charge in [0.05, 0.1) is 6.61 Å². The van der Waals surface area contributed by atoms with Crippen molar-refractivity contribution in [3.8, 4) is 11.5 Å². The summed E-state index contributed by atoms with van der Waals surface area (Å²) in [6.45, 7) is 9.75. The fourth-order valence-electron chi connectivity index (χ4n) is 6.51. The number of rotatable bonds is 7. The lowest BCUT2D eigenvalue weighted by atomic mass is 9.81. The Hall–Kier alpha value is -3.56. The van der Waals surface area contributed by atoms with E-state index >= 15 is 0 Å². The number of aromatic amines is 1. The highest BCUT2D eigenvalue weighted by Crippen LogP contribution is 2.49. The maximum atomic E-state index is 14.0. The standard InChI is InChI=1S/C30H37N5O4/c1-4-39-22-9-10-25-23(18-22)24-19-30(2)28(37)34(12-6-11-33-15-13-32(3)14-16-33)29(38)35(30)27(26(24)31-25)20-7-5-8-21(36)17-20/h5,7-10,17-18,27,31,36H,4,6,11-16,19H2,1-3H3/t27-,30+/m1/s1. The van der Waals surface area contributed by atoms with Crippen molar-refractivity contribution in [2.75, 3.05) is 52.9 Å². The van der Waals surface area contributed by atoms with Gasteiger partial charge in [0, 0.05) is 55.7 Å². The van der Waals surface area contributed by atoms with Gasteiger partial charge in [0.2, 0.25) is 0 Å². The van der Waals surface area contributed by atoms with E-state index in [0.717, 1.165) is 72.6 Å². The first-order valence-corrected chi connectivity index (χ1v) is 13.9. The Balaban J connectivity index is 1.36. The molecule has 2 N–H and O–H groups in total. The van der Waals surface area contributed by atoms with Crippen LogP contribution >= 0.6 is 0 Å². The number of likely N-dealkylation sites (N-methyl/N-ethyl adjacent to an activating group) is 1. The molecule has 3 aromatic rings. The Labute approximate surface area is 228 Å². The van der Waals surface area contributed by atoms with E-state index in [2.05, 4.69) is 21.8 Å². The molecule has 0 radical (unpaired) electrons. The molecule has 2 aromatic carbocycles. The zero-order chi connectivity index (χ0) is 27.3. The predicted octanol–water partition coefficient (Wildman–Crippen LogP) is 3.58. The quantitative estimate of drug-likeness (QED) is 0.453. The Kier molecular flexibility index (Phi) is 6.51. The molecule has 0 aliphatic carbocycles. The van der Waals surface area contributed by atoms with Crippen LogP contribution in [0.4, 0.5) is 4.79 Å². The van der Waals surface area contributed by atoms with Gasteiger partial charge in [-0.3, -0.25) is 14.6 Å². The minimum atomic E-state index is -1.04. The summed E-state index contributed by atoms with van der Waals surface area (Å²) >= 11 is 0. The zero-order valence-corrected chi connectivity index (χ0v) is 22.9. The van der Waals surface area contributed by atoms with Gasteiger partial charge in [-0.05, 0) is 75.3 Å². The van der Waals surface area contributed by atoms with E-state index in [9.17, 15) is 14.7 Å². The van der Waals surface area contributed by atoms with Crippen LogP contribution in [-0.2, 0) is 11.2 Å². The first kappa shape index (κ1) is 25.7. The molecule has 0 spiro atoms. The average Bonchev–Trinajstić information content (AvgIpc) is 3.36. The fourth-order valence-corrected chi connectivity index (χ4v) is 6.51. The van der Waals surface area contributed by atoms with Crippen LogP contribution in [0.3, 0.4) is 0 Å². The van der Waals surface area contributed by atoms with Gasteiger partial charge in [-0.25, -0.2) is 4.79 Å². The van der Waals surface area contributed by atoms with Crippen molar-refractivity contribution in [3.63, 3.8) is 0 Å². The molecule has 9 nitrogen and oxygen atoms in total. The van der Waals surface area contributed by atoms with Crippen LogP contribution in [0.15, 0.2) is 42.5 Å². The van der Waals surface area contributed by atoms with Gasteiger partial charge < -0.3 is 24.6 Å². The molecule has 0 saturated carbocycles. The molecular formula is C30H37N5O4. The molecule has 2 saturated heterocycles. The van der Waals surface area contributed by atoms with Crippen LogP contribution in [0.1, 0.15) is 43.1 Å². The molecule has 1 aromatic heterocycles. The third-order valence-electron chi connectivity index (χ3n) is 8.59. The number of carbonyl (C=O) groups is 2. The molecule has 206 valence electrons. The monoisotopic (exact) mass is 531 g/mol. The average molecular weight is 532 g/mol. The van der Waals surface area contributed by atoms with Crippen LogP contribution in [-0.4, -0.2) is 100 Å². The summed E-state index contributed by atoms with van der Waals surface area (Å²) in [6.07, 6.45) is 1.15. The van der Waals surface area contributed by atoms with E-state index in [1.165, 1.54) is 4.90 Å². The number of nitrogens with one attached hydrogen (secondary N) is 1. The SMILES string of the molecule is CCOc1ccc2[nH]c3c(c2c1)C[C@@]1(C)C(=O)N(CCCN2CCN(C)CC2)C(=O)N1[C@@H]3c1cccc(O)c1. The minimum absolute atomic E-state index is 0.123. The van der Waals surface area contributed by atoms with E-state index in [-0.39, 0.29) is 17.7 Å². The number of fused-ring (bicyclic) bond motifs is 4. The summed E-state index contributed by atoms with van der Waals surface area (Å²) in [5.74, 6) is 0.739. The van der Waals surface area contributed by atoms with E-state index in [1.807, 2.05) is 38.1 Å². The number of ether oxygens (including phenoxy) is 1. The normalized spacial score (nSPS) is 23.9. The Morgan fingerprint density at radius 3 is 2.62 bits per heavy atom. The van der Waals surface area contributed by atoms with E-state index in [1.54, 1.807) is 23.1 Å². The second kappa shape index (κ2) is 9.88. The molecule has 2 atom stereocenters. The number of imide groups is 1. The Bertz CT molecular complexity index is 1410. The number of phenolic OH excluding ortho intramolecular Hbond substituents is 1.